The van der Waals surface area contributed by atoms with E-state index in [-0.39, 0.29) is 23.7 Å². The fraction of sp³-hybridized carbons (Fsp3) is 0.294. The molecule has 0 saturated heterocycles. The van der Waals surface area contributed by atoms with Crippen LogP contribution in [0.3, 0.4) is 0 Å². The van der Waals surface area contributed by atoms with Gasteiger partial charge in [0.15, 0.2) is 0 Å². The molecule has 1 unspecified atom stereocenters. The Morgan fingerprint density at radius 3 is 2.56 bits per heavy atom. The van der Waals surface area contributed by atoms with Gasteiger partial charge in [0, 0.05) is 24.0 Å². The van der Waals surface area contributed by atoms with Gasteiger partial charge in [0.2, 0.25) is 0 Å². The highest BCUT2D eigenvalue weighted by Gasteiger charge is 2.46. The number of fused-ring (bicyclic) bond motifs is 3. The summed E-state index contributed by atoms with van der Waals surface area (Å²) in [6.45, 7) is -0.154. The Bertz CT molecular complexity index is 866. The first-order valence-corrected chi connectivity index (χ1v) is 7.91. The van der Waals surface area contributed by atoms with Gasteiger partial charge in [0.05, 0.1) is 12.7 Å². The van der Waals surface area contributed by atoms with Crippen molar-refractivity contribution in [3.8, 4) is 0 Å². The van der Waals surface area contributed by atoms with Gasteiger partial charge < -0.3 is 9.64 Å². The number of methoxy groups -OCH3 is 1. The van der Waals surface area contributed by atoms with Crippen molar-refractivity contribution >= 4 is 39.9 Å². The Morgan fingerprint density at radius 1 is 1.28 bits per heavy atom. The number of nitrogens with zero attached hydrogens (tertiary/aromatic N) is 1. The summed E-state index contributed by atoms with van der Waals surface area (Å²) < 4.78 is 43.3. The number of esters is 1. The maximum atomic E-state index is 12.9. The van der Waals surface area contributed by atoms with E-state index in [1.807, 2.05) is 0 Å². The molecule has 2 aromatic carbocycles. The second kappa shape index (κ2) is 6.22. The van der Waals surface area contributed by atoms with Crippen molar-refractivity contribution in [2.75, 3.05) is 24.4 Å². The van der Waals surface area contributed by atoms with Crippen LogP contribution in [0.5, 0.6) is 0 Å². The lowest BCUT2D eigenvalue weighted by Crippen LogP contribution is -2.40. The Balaban J connectivity index is 2.20. The predicted octanol–water partition coefficient (Wildman–Crippen LogP) is 3.86. The molecule has 2 aromatic rings. The molecule has 0 N–H and O–H groups in total. The van der Waals surface area contributed by atoms with Crippen molar-refractivity contribution in [1.29, 1.82) is 0 Å². The number of carbonyl (C=O) groups is 2. The molecule has 0 saturated carbocycles. The largest absolute Gasteiger partial charge is 0.471 e. The lowest BCUT2D eigenvalue weighted by atomic mass is 9.94. The third-order valence-electron chi connectivity index (χ3n) is 4.24. The summed E-state index contributed by atoms with van der Waals surface area (Å²) in [4.78, 5) is 24.2. The van der Waals surface area contributed by atoms with E-state index in [1.54, 1.807) is 24.3 Å². The quantitative estimate of drug-likeness (QED) is 0.595. The molecule has 1 aliphatic heterocycles. The predicted molar refractivity (Wildman–Crippen MR) is 87.2 cm³/mol. The highest BCUT2D eigenvalue weighted by molar-refractivity contribution is 6.19. The number of halogens is 4. The van der Waals surface area contributed by atoms with E-state index in [2.05, 4.69) is 4.74 Å². The Hall–Kier alpha value is -2.28. The fourth-order valence-electron chi connectivity index (χ4n) is 3.12. The number of hydrogen-bond donors (Lipinski definition) is 0. The molecule has 4 nitrogen and oxygen atoms in total. The molecule has 1 atom stereocenters. The van der Waals surface area contributed by atoms with Gasteiger partial charge >= 0.3 is 18.1 Å². The highest BCUT2D eigenvalue weighted by atomic mass is 35.5. The summed E-state index contributed by atoms with van der Waals surface area (Å²) in [6.07, 6.45) is -4.97. The van der Waals surface area contributed by atoms with Crippen molar-refractivity contribution in [3.05, 3.63) is 41.5 Å². The number of hydrogen-bond acceptors (Lipinski definition) is 3. The lowest BCUT2D eigenvalue weighted by Gasteiger charge is -2.19. The Morgan fingerprint density at radius 2 is 1.96 bits per heavy atom. The van der Waals surface area contributed by atoms with E-state index in [0.29, 0.717) is 15.8 Å². The van der Waals surface area contributed by atoms with Crippen molar-refractivity contribution in [2.45, 2.75) is 12.1 Å². The summed E-state index contributed by atoms with van der Waals surface area (Å²) in [6, 6.07) is 7.90. The van der Waals surface area contributed by atoms with Gasteiger partial charge in [-0.15, -0.1) is 11.6 Å². The van der Waals surface area contributed by atoms with Crippen LogP contribution in [0, 0.1) is 0 Å². The first kappa shape index (κ1) is 17.5. The summed E-state index contributed by atoms with van der Waals surface area (Å²) >= 11 is 5.94. The molecule has 132 valence electrons. The van der Waals surface area contributed by atoms with E-state index < -0.39 is 24.0 Å². The minimum Gasteiger partial charge on any atom is -0.465 e. The van der Waals surface area contributed by atoms with Crippen LogP contribution in [0.25, 0.3) is 10.8 Å². The van der Waals surface area contributed by atoms with Gasteiger partial charge in [-0.3, -0.25) is 4.79 Å². The number of rotatable bonds is 2. The molecule has 1 amide bonds. The second-order valence-electron chi connectivity index (χ2n) is 5.69. The Kier molecular flexibility index (Phi) is 4.36. The van der Waals surface area contributed by atoms with Crippen LogP contribution in [0.2, 0.25) is 0 Å². The van der Waals surface area contributed by atoms with E-state index in [1.165, 1.54) is 13.2 Å². The zero-order chi connectivity index (χ0) is 18.4. The molecule has 25 heavy (non-hydrogen) atoms. The minimum atomic E-state index is -4.97. The van der Waals surface area contributed by atoms with Crippen LogP contribution in [-0.2, 0) is 9.53 Å². The number of anilines is 1. The Labute approximate surface area is 146 Å². The average molecular weight is 372 g/mol. The van der Waals surface area contributed by atoms with Gasteiger partial charge in [-0.2, -0.15) is 13.2 Å². The maximum absolute atomic E-state index is 12.9. The summed E-state index contributed by atoms with van der Waals surface area (Å²) in [7, 11) is 1.24. The van der Waals surface area contributed by atoms with Crippen molar-refractivity contribution in [3.63, 3.8) is 0 Å². The first-order chi connectivity index (χ1) is 11.8. The number of amides is 1. The van der Waals surface area contributed by atoms with Gasteiger partial charge in [-0.25, -0.2) is 4.79 Å². The molecular weight excluding hydrogens is 359 g/mol. The molecule has 0 fully saturated rings. The number of alkyl halides is 4. The van der Waals surface area contributed by atoms with Crippen molar-refractivity contribution in [1.82, 2.24) is 0 Å². The zero-order valence-corrected chi connectivity index (χ0v) is 13.8. The molecule has 0 aliphatic carbocycles. The van der Waals surface area contributed by atoms with Gasteiger partial charge in [-0.1, -0.05) is 12.1 Å². The third-order valence-corrected chi connectivity index (χ3v) is 4.61. The molecule has 0 aromatic heterocycles. The van der Waals surface area contributed by atoms with Crippen LogP contribution in [-0.4, -0.2) is 37.6 Å². The molecule has 0 bridgehead atoms. The van der Waals surface area contributed by atoms with E-state index in [9.17, 15) is 22.8 Å². The molecule has 8 heteroatoms. The summed E-state index contributed by atoms with van der Waals surface area (Å²) in [5.41, 5.74) is 0.982. The van der Waals surface area contributed by atoms with Gasteiger partial charge in [0.25, 0.3) is 0 Å². The zero-order valence-electron chi connectivity index (χ0n) is 13.1. The standard InChI is InChI=1S/C17H13ClF3NO3/c1-25-15(23)10-3-2-9-4-5-13-14(12(9)6-10)11(7-18)8-22(13)16(24)17(19,20)21/h2-6,11H,7-8H2,1H3. The third kappa shape index (κ3) is 2.93. The average Bonchev–Trinajstić information content (AvgIpc) is 2.98. The minimum absolute atomic E-state index is 0.0518. The van der Waals surface area contributed by atoms with Crippen LogP contribution >= 0.6 is 11.6 Å². The van der Waals surface area contributed by atoms with Crippen LogP contribution in [0.15, 0.2) is 30.3 Å². The van der Waals surface area contributed by atoms with Crippen LogP contribution in [0.1, 0.15) is 21.8 Å². The molecule has 3 rings (SSSR count). The molecule has 0 spiro atoms. The summed E-state index contributed by atoms with van der Waals surface area (Å²) in [5.74, 6) is -2.89. The van der Waals surface area contributed by atoms with E-state index in [4.69, 9.17) is 11.6 Å². The molecule has 1 aliphatic rings. The smallest absolute Gasteiger partial charge is 0.465 e. The van der Waals surface area contributed by atoms with Gasteiger partial charge in [-0.05, 0) is 34.5 Å². The number of ether oxygens (including phenoxy) is 1. The van der Waals surface area contributed by atoms with Crippen LogP contribution < -0.4 is 4.90 Å². The lowest BCUT2D eigenvalue weighted by molar-refractivity contribution is -0.170. The van der Waals surface area contributed by atoms with E-state index >= 15 is 0 Å². The molecule has 0 radical (unpaired) electrons. The monoisotopic (exact) mass is 371 g/mol. The van der Waals surface area contributed by atoms with Crippen molar-refractivity contribution in [2.24, 2.45) is 0 Å². The SMILES string of the molecule is COC(=O)c1ccc2ccc3c(c2c1)C(CCl)CN3C(=O)C(F)(F)F. The number of benzene rings is 2. The summed E-state index contributed by atoms with van der Waals surface area (Å²) in [5, 5.41) is 1.33. The van der Waals surface area contributed by atoms with E-state index in [0.717, 1.165) is 5.39 Å². The van der Waals surface area contributed by atoms with Crippen LogP contribution in [0.4, 0.5) is 18.9 Å². The van der Waals surface area contributed by atoms with Gasteiger partial charge in [0.1, 0.15) is 0 Å². The second-order valence-corrected chi connectivity index (χ2v) is 6.00. The molecular formula is C17H13ClF3NO3. The number of carbonyl (C=O) groups excluding carboxylic acids is 2. The molecule has 1 heterocycles. The fourth-order valence-corrected chi connectivity index (χ4v) is 3.37. The normalized spacial score (nSPS) is 16.8. The van der Waals surface area contributed by atoms with Crippen molar-refractivity contribution < 1.29 is 27.5 Å². The topological polar surface area (TPSA) is 46.6 Å². The maximum Gasteiger partial charge on any atom is 0.471 e. The first-order valence-electron chi connectivity index (χ1n) is 7.37. The highest BCUT2D eigenvalue weighted by Crippen LogP contribution is 2.43.